The van der Waals surface area contributed by atoms with Gasteiger partial charge in [0.15, 0.2) is 5.78 Å². The van der Waals surface area contributed by atoms with Crippen LogP contribution in [0.5, 0.6) is 5.75 Å². The van der Waals surface area contributed by atoms with Gasteiger partial charge < -0.3 is 9.84 Å². The molecule has 1 rings (SSSR count). The van der Waals surface area contributed by atoms with E-state index < -0.39 is 5.97 Å². The number of benzene rings is 1. The molecule has 0 heterocycles. The van der Waals surface area contributed by atoms with Crippen LogP contribution in [-0.2, 0) is 4.79 Å². The molecule has 0 aliphatic rings. The van der Waals surface area contributed by atoms with Crippen LogP contribution in [0.25, 0.3) is 0 Å². The largest absolute Gasteiger partial charge is 0.494 e. The predicted molar refractivity (Wildman–Crippen MR) is 77.6 cm³/mol. The molecule has 0 atom stereocenters. The normalized spacial score (nSPS) is 10.7. The average molecular weight is 278 g/mol. The van der Waals surface area contributed by atoms with E-state index in [0.717, 1.165) is 16.9 Å². The monoisotopic (exact) mass is 278 g/mol. The van der Waals surface area contributed by atoms with Gasteiger partial charge in [0.05, 0.1) is 13.0 Å². The van der Waals surface area contributed by atoms with E-state index in [9.17, 15) is 9.59 Å². The highest BCUT2D eigenvalue weighted by atomic mass is 16.5. The van der Waals surface area contributed by atoms with Crippen molar-refractivity contribution in [2.24, 2.45) is 0 Å². The quantitative estimate of drug-likeness (QED) is 0.774. The lowest BCUT2D eigenvalue weighted by Gasteiger charge is -2.16. The van der Waals surface area contributed by atoms with Gasteiger partial charge in [0.1, 0.15) is 5.75 Å². The molecule has 0 aromatic heterocycles. The fraction of sp³-hybridized carbons (Fsp3) is 0.500. The fourth-order valence-electron chi connectivity index (χ4n) is 2.09. The first-order chi connectivity index (χ1) is 9.36. The second-order valence-electron chi connectivity index (χ2n) is 5.11. The highest BCUT2D eigenvalue weighted by Crippen LogP contribution is 2.29. The SMILES string of the molecule is CCOc1cc(C(C)C)c(C(=O)CCC(=O)O)cc1C. The van der Waals surface area contributed by atoms with E-state index in [2.05, 4.69) is 0 Å². The van der Waals surface area contributed by atoms with Crippen LogP contribution in [0, 0.1) is 6.92 Å². The highest BCUT2D eigenvalue weighted by Gasteiger charge is 2.17. The summed E-state index contributed by atoms with van der Waals surface area (Å²) >= 11 is 0. The van der Waals surface area contributed by atoms with Crippen LogP contribution in [0.1, 0.15) is 61.0 Å². The Morgan fingerprint density at radius 3 is 2.40 bits per heavy atom. The van der Waals surface area contributed by atoms with Crippen LogP contribution in [0.4, 0.5) is 0 Å². The molecule has 1 aromatic rings. The maximum atomic E-state index is 12.2. The van der Waals surface area contributed by atoms with Crippen molar-refractivity contribution in [3.8, 4) is 5.75 Å². The van der Waals surface area contributed by atoms with Gasteiger partial charge in [-0.25, -0.2) is 0 Å². The highest BCUT2D eigenvalue weighted by molar-refractivity contribution is 5.99. The molecule has 0 saturated carbocycles. The molecule has 0 amide bonds. The number of carbonyl (C=O) groups is 2. The van der Waals surface area contributed by atoms with Crippen molar-refractivity contribution in [1.82, 2.24) is 0 Å². The Labute approximate surface area is 119 Å². The smallest absolute Gasteiger partial charge is 0.303 e. The van der Waals surface area contributed by atoms with Crippen LogP contribution in [-0.4, -0.2) is 23.5 Å². The molecule has 0 saturated heterocycles. The summed E-state index contributed by atoms with van der Waals surface area (Å²) in [7, 11) is 0. The van der Waals surface area contributed by atoms with Crippen LogP contribution >= 0.6 is 0 Å². The molecule has 0 radical (unpaired) electrons. The number of aryl methyl sites for hydroxylation is 1. The number of carbonyl (C=O) groups excluding carboxylic acids is 1. The minimum absolute atomic E-state index is 0.0302. The number of aliphatic carboxylic acids is 1. The third-order valence-corrected chi connectivity index (χ3v) is 3.14. The molecular weight excluding hydrogens is 256 g/mol. The molecule has 4 heteroatoms. The molecule has 0 bridgehead atoms. The van der Waals surface area contributed by atoms with E-state index in [-0.39, 0.29) is 24.5 Å². The van der Waals surface area contributed by atoms with Crippen LogP contribution in [0.2, 0.25) is 0 Å². The fourth-order valence-corrected chi connectivity index (χ4v) is 2.09. The Balaban J connectivity index is 3.14. The van der Waals surface area contributed by atoms with E-state index in [0.29, 0.717) is 12.2 Å². The molecule has 0 spiro atoms. The summed E-state index contributed by atoms with van der Waals surface area (Å²) in [5.74, 6) is -0.112. The average Bonchev–Trinajstić information content (AvgIpc) is 2.37. The number of ketones is 1. The van der Waals surface area contributed by atoms with Gasteiger partial charge in [-0.05, 0) is 43.0 Å². The summed E-state index contributed by atoms with van der Waals surface area (Å²) in [6.45, 7) is 8.40. The van der Waals surface area contributed by atoms with E-state index in [1.807, 2.05) is 39.8 Å². The van der Waals surface area contributed by atoms with Gasteiger partial charge in [-0.2, -0.15) is 0 Å². The van der Waals surface area contributed by atoms with E-state index in [1.54, 1.807) is 0 Å². The third-order valence-electron chi connectivity index (χ3n) is 3.14. The summed E-state index contributed by atoms with van der Waals surface area (Å²) in [5, 5.41) is 8.68. The number of carboxylic acid groups (broad SMARTS) is 1. The van der Waals surface area contributed by atoms with Crippen molar-refractivity contribution >= 4 is 11.8 Å². The first-order valence-corrected chi connectivity index (χ1v) is 6.89. The Hall–Kier alpha value is -1.84. The van der Waals surface area contributed by atoms with Gasteiger partial charge in [0.25, 0.3) is 0 Å². The zero-order valence-electron chi connectivity index (χ0n) is 12.5. The van der Waals surface area contributed by atoms with E-state index in [4.69, 9.17) is 9.84 Å². The summed E-state index contributed by atoms with van der Waals surface area (Å²) in [5.41, 5.74) is 2.42. The maximum Gasteiger partial charge on any atom is 0.303 e. The number of Topliss-reactive ketones (excluding diaryl/α,β-unsaturated/α-hetero) is 1. The summed E-state index contributed by atoms with van der Waals surface area (Å²) in [6.07, 6.45) is -0.106. The zero-order valence-corrected chi connectivity index (χ0v) is 12.5. The first kappa shape index (κ1) is 16.2. The predicted octanol–water partition coefficient (Wildman–Crippen LogP) is 3.56. The van der Waals surface area contributed by atoms with Gasteiger partial charge in [-0.1, -0.05) is 13.8 Å². The Kier molecular flexibility index (Phi) is 5.74. The van der Waals surface area contributed by atoms with Crippen LogP contribution in [0.15, 0.2) is 12.1 Å². The topological polar surface area (TPSA) is 63.6 Å². The molecule has 1 N–H and O–H groups in total. The lowest BCUT2D eigenvalue weighted by Crippen LogP contribution is -2.09. The van der Waals surface area contributed by atoms with Gasteiger partial charge >= 0.3 is 5.97 Å². The summed E-state index contributed by atoms with van der Waals surface area (Å²) < 4.78 is 5.55. The lowest BCUT2D eigenvalue weighted by molar-refractivity contribution is -0.136. The second-order valence-corrected chi connectivity index (χ2v) is 5.11. The number of ether oxygens (including phenoxy) is 1. The maximum absolute atomic E-state index is 12.2. The molecule has 110 valence electrons. The van der Waals surface area contributed by atoms with Crippen molar-refractivity contribution in [2.45, 2.75) is 46.5 Å². The molecule has 0 aliphatic heterocycles. The van der Waals surface area contributed by atoms with Gasteiger partial charge in [-0.3, -0.25) is 9.59 Å². The molecule has 1 aromatic carbocycles. The van der Waals surface area contributed by atoms with Crippen LogP contribution in [0.3, 0.4) is 0 Å². The van der Waals surface area contributed by atoms with Crippen molar-refractivity contribution in [1.29, 1.82) is 0 Å². The Bertz CT molecular complexity index is 503. The molecular formula is C16H22O4. The van der Waals surface area contributed by atoms with E-state index >= 15 is 0 Å². The minimum atomic E-state index is -0.952. The van der Waals surface area contributed by atoms with Crippen molar-refractivity contribution in [3.63, 3.8) is 0 Å². The van der Waals surface area contributed by atoms with Gasteiger partial charge in [0.2, 0.25) is 0 Å². The van der Waals surface area contributed by atoms with Gasteiger partial charge in [-0.15, -0.1) is 0 Å². The molecule has 0 fully saturated rings. The van der Waals surface area contributed by atoms with Crippen molar-refractivity contribution < 1.29 is 19.4 Å². The summed E-state index contributed by atoms with van der Waals surface area (Å²) in [4.78, 5) is 22.8. The lowest BCUT2D eigenvalue weighted by atomic mass is 9.91. The molecule has 4 nitrogen and oxygen atoms in total. The standard InChI is InChI=1S/C16H22O4/c1-5-20-15-9-12(10(2)3)13(8-11(15)4)14(17)6-7-16(18)19/h8-10H,5-7H2,1-4H3,(H,18,19). The molecule has 0 unspecified atom stereocenters. The number of hydrogen-bond acceptors (Lipinski definition) is 3. The zero-order chi connectivity index (χ0) is 15.3. The second kappa shape index (κ2) is 7.08. The molecule has 0 aliphatic carbocycles. The minimum Gasteiger partial charge on any atom is -0.494 e. The van der Waals surface area contributed by atoms with Crippen LogP contribution < -0.4 is 4.74 Å². The van der Waals surface area contributed by atoms with Crippen molar-refractivity contribution in [2.75, 3.05) is 6.61 Å². The third kappa shape index (κ3) is 4.08. The number of hydrogen-bond donors (Lipinski definition) is 1. The summed E-state index contributed by atoms with van der Waals surface area (Å²) in [6, 6.07) is 3.71. The Morgan fingerprint density at radius 1 is 1.25 bits per heavy atom. The van der Waals surface area contributed by atoms with Crippen molar-refractivity contribution in [3.05, 3.63) is 28.8 Å². The number of rotatable bonds is 7. The first-order valence-electron chi connectivity index (χ1n) is 6.89. The number of carboxylic acids is 1. The van der Waals surface area contributed by atoms with Gasteiger partial charge in [0, 0.05) is 12.0 Å². The Morgan fingerprint density at radius 2 is 1.90 bits per heavy atom. The van der Waals surface area contributed by atoms with E-state index in [1.165, 1.54) is 0 Å². The molecule has 20 heavy (non-hydrogen) atoms.